The standard InChI is InChI=1S/C15H20N4O/c1-5-6-20-15-18-13(17-14(16)19-15)12-10(3)7-9(2)8-11(12)4/h7-8H,5-6H2,1-4H3,(H2,16,17,18,19). The Morgan fingerprint density at radius 1 is 1.05 bits per heavy atom. The minimum absolute atomic E-state index is 0.181. The zero-order chi connectivity index (χ0) is 14.7. The predicted molar refractivity (Wildman–Crippen MR) is 79.7 cm³/mol. The van der Waals surface area contributed by atoms with Gasteiger partial charge in [0.2, 0.25) is 5.95 Å². The average Bonchev–Trinajstić information content (AvgIpc) is 2.34. The molecule has 2 aromatic rings. The summed E-state index contributed by atoms with van der Waals surface area (Å²) in [6, 6.07) is 4.50. The first-order valence-corrected chi connectivity index (χ1v) is 6.73. The highest BCUT2D eigenvalue weighted by Gasteiger charge is 2.13. The van der Waals surface area contributed by atoms with Gasteiger partial charge in [0, 0.05) is 5.56 Å². The highest BCUT2D eigenvalue weighted by Crippen LogP contribution is 2.26. The Morgan fingerprint density at radius 3 is 2.30 bits per heavy atom. The Balaban J connectivity index is 2.50. The van der Waals surface area contributed by atoms with Gasteiger partial charge in [0.05, 0.1) is 6.61 Å². The molecule has 0 radical (unpaired) electrons. The number of hydrogen-bond acceptors (Lipinski definition) is 5. The SMILES string of the molecule is CCCOc1nc(N)nc(-c2c(C)cc(C)cc2C)n1. The van der Waals surface area contributed by atoms with E-state index in [9.17, 15) is 0 Å². The first kappa shape index (κ1) is 14.2. The van der Waals surface area contributed by atoms with E-state index in [0.717, 1.165) is 23.1 Å². The van der Waals surface area contributed by atoms with Crippen molar-refractivity contribution in [3.63, 3.8) is 0 Å². The lowest BCUT2D eigenvalue weighted by Gasteiger charge is -2.11. The van der Waals surface area contributed by atoms with Crippen LogP contribution in [0.15, 0.2) is 12.1 Å². The summed E-state index contributed by atoms with van der Waals surface area (Å²) in [5.41, 5.74) is 10.2. The number of nitrogens with zero attached hydrogens (tertiary/aromatic N) is 3. The summed E-state index contributed by atoms with van der Waals surface area (Å²) in [5.74, 6) is 0.749. The van der Waals surface area contributed by atoms with Crippen LogP contribution in [0.5, 0.6) is 6.01 Å². The minimum atomic E-state index is 0.181. The maximum Gasteiger partial charge on any atom is 0.321 e. The maximum atomic E-state index is 5.76. The summed E-state index contributed by atoms with van der Waals surface area (Å²) >= 11 is 0. The van der Waals surface area contributed by atoms with Crippen molar-refractivity contribution in [1.82, 2.24) is 15.0 Å². The molecule has 2 N–H and O–H groups in total. The van der Waals surface area contributed by atoms with Crippen LogP contribution in [0.1, 0.15) is 30.0 Å². The molecule has 0 spiro atoms. The van der Waals surface area contributed by atoms with E-state index >= 15 is 0 Å². The number of benzene rings is 1. The lowest BCUT2D eigenvalue weighted by atomic mass is 9.99. The molecule has 0 aliphatic rings. The fourth-order valence-corrected chi connectivity index (χ4v) is 2.27. The van der Waals surface area contributed by atoms with Gasteiger partial charge in [-0.1, -0.05) is 24.6 Å². The zero-order valence-corrected chi connectivity index (χ0v) is 12.4. The van der Waals surface area contributed by atoms with Crippen LogP contribution < -0.4 is 10.5 Å². The second kappa shape index (κ2) is 5.86. The largest absolute Gasteiger partial charge is 0.463 e. The van der Waals surface area contributed by atoms with E-state index in [1.54, 1.807) is 0 Å². The topological polar surface area (TPSA) is 73.9 Å². The van der Waals surface area contributed by atoms with Gasteiger partial charge in [-0.25, -0.2) is 0 Å². The molecular formula is C15H20N4O. The van der Waals surface area contributed by atoms with Crippen LogP contribution in [-0.2, 0) is 0 Å². The van der Waals surface area contributed by atoms with Crippen molar-refractivity contribution < 1.29 is 4.74 Å². The van der Waals surface area contributed by atoms with Gasteiger partial charge in [-0.3, -0.25) is 0 Å². The fraction of sp³-hybridized carbons (Fsp3) is 0.400. The van der Waals surface area contributed by atoms with Crippen molar-refractivity contribution in [3.8, 4) is 17.4 Å². The number of ether oxygens (including phenoxy) is 1. The Hall–Kier alpha value is -2.17. The van der Waals surface area contributed by atoms with E-state index in [-0.39, 0.29) is 12.0 Å². The Bertz CT molecular complexity index is 602. The lowest BCUT2D eigenvalue weighted by Crippen LogP contribution is -2.06. The number of anilines is 1. The Labute approximate surface area is 119 Å². The summed E-state index contributed by atoms with van der Waals surface area (Å²) in [6.45, 7) is 8.75. The van der Waals surface area contributed by atoms with Crippen LogP contribution in [0, 0.1) is 20.8 Å². The van der Waals surface area contributed by atoms with Crippen molar-refractivity contribution in [1.29, 1.82) is 0 Å². The van der Waals surface area contributed by atoms with E-state index in [2.05, 4.69) is 34.0 Å². The normalized spacial score (nSPS) is 10.6. The number of nitrogen functional groups attached to an aromatic ring is 1. The molecule has 20 heavy (non-hydrogen) atoms. The number of aromatic nitrogens is 3. The van der Waals surface area contributed by atoms with Gasteiger partial charge in [-0.05, 0) is 38.3 Å². The van der Waals surface area contributed by atoms with Crippen LogP contribution in [0.2, 0.25) is 0 Å². The van der Waals surface area contributed by atoms with Crippen molar-refractivity contribution in [3.05, 3.63) is 28.8 Å². The van der Waals surface area contributed by atoms with Crippen molar-refractivity contribution in [2.45, 2.75) is 34.1 Å². The summed E-state index contributed by atoms with van der Waals surface area (Å²) in [7, 11) is 0. The van der Waals surface area contributed by atoms with Gasteiger partial charge in [0.15, 0.2) is 5.82 Å². The van der Waals surface area contributed by atoms with E-state index in [0.29, 0.717) is 12.4 Å². The Kier molecular flexibility index (Phi) is 4.17. The van der Waals surface area contributed by atoms with Gasteiger partial charge >= 0.3 is 6.01 Å². The summed E-state index contributed by atoms with van der Waals surface area (Å²) in [4.78, 5) is 12.6. The molecule has 1 aromatic heterocycles. The van der Waals surface area contributed by atoms with Gasteiger partial charge in [-0.15, -0.1) is 0 Å². The first-order valence-electron chi connectivity index (χ1n) is 6.73. The number of hydrogen-bond donors (Lipinski definition) is 1. The second-order valence-corrected chi connectivity index (χ2v) is 4.92. The molecule has 0 unspecified atom stereocenters. The number of rotatable bonds is 4. The molecule has 1 aromatic carbocycles. The molecular weight excluding hydrogens is 252 g/mol. The van der Waals surface area contributed by atoms with Crippen molar-refractivity contribution in [2.75, 3.05) is 12.3 Å². The molecule has 2 rings (SSSR count). The van der Waals surface area contributed by atoms with Crippen LogP contribution in [-0.4, -0.2) is 21.6 Å². The molecule has 0 amide bonds. The lowest BCUT2D eigenvalue weighted by molar-refractivity contribution is 0.292. The quantitative estimate of drug-likeness (QED) is 0.926. The molecule has 5 heteroatoms. The molecule has 0 bridgehead atoms. The summed E-state index contributed by atoms with van der Waals surface area (Å²) < 4.78 is 5.46. The predicted octanol–water partition coefficient (Wildman–Crippen LogP) is 2.83. The van der Waals surface area contributed by atoms with E-state index in [1.165, 1.54) is 5.56 Å². The van der Waals surface area contributed by atoms with E-state index in [1.807, 2.05) is 20.8 Å². The first-order chi connectivity index (χ1) is 9.51. The smallest absolute Gasteiger partial charge is 0.321 e. The van der Waals surface area contributed by atoms with Gasteiger partial charge in [-0.2, -0.15) is 15.0 Å². The van der Waals surface area contributed by atoms with Crippen LogP contribution in [0.4, 0.5) is 5.95 Å². The highest BCUT2D eigenvalue weighted by atomic mass is 16.5. The zero-order valence-electron chi connectivity index (χ0n) is 12.4. The van der Waals surface area contributed by atoms with Gasteiger partial charge < -0.3 is 10.5 Å². The molecule has 0 atom stereocenters. The minimum Gasteiger partial charge on any atom is -0.463 e. The Morgan fingerprint density at radius 2 is 1.70 bits per heavy atom. The van der Waals surface area contributed by atoms with Crippen molar-refractivity contribution >= 4 is 5.95 Å². The van der Waals surface area contributed by atoms with Crippen LogP contribution in [0.3, 0.4) is 0 Å². The second-order valence-electron chi connectivity index (χ2n) is 4.92. The summed E-state index contributed by atoms with van der Waals surface area (Å²) in [5, 5.41) is 0. The molecule has 1 heterocycles. The van der Waals surface area contributed by atoms with Gasteiger partial charge in [0.25, 0.3) is 0 Å². The third-order valence-electron chi connectivity index (χ3n) is 2.97. The maximum absolute atomic E-state index is 5.76. The van der Waals surface area contributed by atoms with Crippen molar-refractivity contribution in [2.24, 2.45) is 0 Å². The molecule has 0 saturated heterocycles. The summed E-state index contributed by atoms with van der Waals surface area (Å²) in [6.07, 6.45) is 0.892. The molecule has 0 fully saturated rings. The molecule has 106 valence electrons. The van der Waals surface area contributed by atoms with Crippen LogP contribution >= 0.6 is 0 Å². The third-order valence-corrected chi connectivity index (χ3v) is 2.97. The van der Waals surface area contributed by atoms with E-state index in [4.69, 9.17) is 10.5 Å². The average molecular weight is 272 g/mol. The van der Waals surface area contributed by atoms with Gasteiger partial charge in [0.1, 0.15) is 0 Å². The molecule has 5 nitrogen and oxygen atoms in total. The van der Waals surface area contributed by atoms with Crippen LogP contribution in [0.25, 0.3) is 11.4 Å². The molecule has 0 saturated carbocycles. The molecule has 0 aliphatic heterocycles. The third kappa shape index (κ3) is 3.04. The van der Waals surface area contributed by atoms with E-state index < -0.39 is 0 Å². The monoisotopic (exact) mass is 272 g/mol. The fourth-order valence-electron chi connectivity index (χ4n) is 2.27. The molecule has 0 aliphatic carbocycles. The number of aryl methyl sites for hydroxylation is 3. The highest BCUT2D eigenvalue weighted by molar-refractivity contribution is 5.66. The number of nitrogens with two attached hydrogens (primary N) is 1.